The lowest BCUT2D eigenvalue weighted by Gasteiger charge is -2.37. The van der Waals surface area contributed by atoms with Gasteiger partial charge < -0.3 is 31.5 Å². The normalized spacial score (nSPS) is 19.1. The van der Waals surface area contributed by atoms with Gasteiger partial charge in [0.1, 0.15) is 41.3 Å². The second-order valence-corrected chi connectivity index (χ2v) is 12.1. The summed E-state index contributed by atoms with van der Waals surface area (Å²) in [5, 5.41) is 18.6. The highest BCUT2D eigenvalue weighted by Crippen LogP contribution is 2.54. The number of thiazole rings is 1. The number of hydrogen-bond acceptors (Lipinski definition) is 11. The SMILES string of the molecule is COc1cc(C(=O)NC[C@](O)(c2cc3c(c(-c4ccc(F)cc4)n2)OC[C@@]3(N(N)/C=N\N)C(F)(F)F)C2CC2)cc2sc(N)nc12. The van der Waals surface area contributed by atoms with Gasteiger partial charge in [0, 0.05) is 16.7 Å². The molecule has 242 valence electrons. The molecule has 1 aliphatic carbocycles. The van der Waals surface area contributed by atoms with Crippen molar-refractivity contribution in [2.45, 2.75) is 30.2 Å². The number of alkyl halides is 3. The van der Waals surface area contributed by atoms with E-state index >= 15 is 0 Å². The molecule has 46 heavy (non-hydrogen) atoms. The zero-order chi connectivity index (χ0) is 33.0. The van der Waals surface area contributed by atoms with Gasteiger partial charge in [-0.2, -0.15) is 18.3 Å². The number of nitrogen functional groups attached to an aromatic ring is 1. The quantitative estimate of drug-likeness (QED) is 0.0586. The fourth-order valence-electron chi connectivity index (χ4n) is 5.66. The third-order valence-electron chi connectivity index (χ3n) is 8.24. The minimum Gasteiger partial charge on any atom is -0.494 e. The zero-order valence-electron chi connectivity index (χ0n) is 24.1. The van der Waals surface area contributed by atoms with Gasteiger partial charge in [-0.3, -0.25) is 9.80 Å². The van der Waals surface area contributed by atoms with Crippen LogP contribution in [0.25, 0.3) is 21.5 Å². The molecule has 1 fully saturated rings. The number of nitrogens with zero attached hydrogens (tertiary/aromatic N) is 4. The van der Waals surface area contributed by atoms with Crippen molar-refractivity contribution < 1.29 is 36.9 Å². The Kier molecular flexibility index (Phi) is 7.64. The number of amides is 1. The molecule has 0 saturated heterocycles. The van der Waals surface area contributed by atoms with E-state index < -0.39 is 53.7 Å². The lowest BCUT2D eigenvalue weighted by Crippen LogP contribution is -2.60. The number of hydrazine groups is 1. The number of nitrogens with one attached hydrogen (secondary N) is 1. The van der Waals surface area contributed by atoms with E-state index in [4.69, 9.17) is 26.9 Å². The highest BCUT2D eigenvalue weighted by Gasteiger charge is 2.65. The van der Waals surface area contributed by atoms with Gasteiger partial charge >= 0.3 is 6.18 Å². The average molecular weight is 661 g/mol. The van der Waals surface area contributed by atoms with Crippen LogP contribution in [0.1, 0.15) is 34.5 Å². The fraction of sp³-hybridized carbons (Fsp3) is 0.310. The second-order valence-electron chi connectivity index (χ2n) is 11.0. The smallest absolute Gasteiger partial charge is 0.420 e. The van der Waals surface area contributed by atoms with Crippen LogP contribution in [-0.4, -0.2) is 58.8 Å². The number of ether oxygens (including phenoxy) is 2. The summed E-state index contributed by atoms with van der Waals surface area (Å²) in [7, 11) is 1.42. The number of aliphatic hydroxyl groups is 1. The number of hydrazone groups is 1. The van der Waals surface area contributed by atoms with E-state index in [1.807, 2.05) is 0 Å². The van der Waals surface area contributed by atoms with Crippen molar-refractivity contribution in [1.82, 2.24) is 20.3 Å². The van der Waals surface area contributed by atoms with Gasteiger partial charge in [-0.1, -0.05) is 11.3 Å². The Morgan fingerprint density at radius 2 is 1.98 bits per heavy atom. The lowest BCUT2D eigenvalue weighted by molar-refractivity contribution is -0.227. The Morgan fingerprint density at radius 1 is 1.26 bits per heavy atom. The number of benzene rings is 2. The summed E-state index contributed by atoms with van der Waals surface area (Å²) in [6.45, 7) is -1.40. The third kappa shape index (κ3) is 5.09. The van der Waals surface area contributed by atoms with Crippen LogP contribution >= 0.6 is 11.3 Å². The monoisotopic (exact) mass is 660 g/mol. The van der Waals surface area contributed by atoms with Crippen LogP contribution in [0.3, 0.4) is 0 Å². The van der Waals surface area contributed by atoms with Gasteiger partial charge in [-0.05, 0) is 61.2 Å². The van der Waals surface area contributed by atoms with E-state index in [2.05, 4.69) is 20.4 Å². The minimum absolute atomic E-state index is 0.0833. The maximum atomic E-state index is 15.0. The van der Waals surface area contributed by atoms with Crippen LogP contribution < -0.4 is 32.2 Å². The first-order valence-electron chi connectivity index (χ1n) is 13.9. The Bertz CT molecular complexity index is 1850. The van der Waals surface area contributed by atoms with Crippen LogP contribution in [-0.2, 0) is 11.1 Å². The molecule has 0 unspecified atom stereocenters. The van der Waals surface area contributed by atoms with Gasteiger partial charge in [0.25, 0.3) is 5.91 Å². The number of nitrogens with two attached hydrogens (primary N) is 3. The first kappa shape index (κ1) is 31.3. The predicted octanol–water partition coefficient (Wildman–Crippen LogP) is 3.34. The maximum absolute atomic E-state index is 15.0. The van der Waals surface area contributed by atoms with Gasteiger partial charge in [0.2, 0.25) is 5.54 Å². The van der Waals surface area contributed by atoms with E-state index in [1.165, 1.54) is 25.3 Å². The van der Waals surface area contributed by atoms with Crippen molar-refractivity contribution >= 4 is 38.9 Å². The number of carbonyl (C=O) groups is 1. The Balaban J connectivity index is 1.45. The lowest BCUT2D eigenvalue weighted by atomic mass is 9.85. The molecule has 0 spiro atoms. The van der Waals surface area contributed by atoms with E-state index in [9.17, 15) is 27.5 Å². The molecule has 12 nitrogen and oxygen atoms in total. The molecule has 1 aliphatic heterocycles. The fourth-order valence-corrected chi connectivity index (χ4v) is 6.45. The number of halogens is 4. The molecular weight excluding hydrogens is 632 g/mol. The Labute approximate surface area is 262 Å². The highest BCUT2D eigenvalue weighted by atomic mass is 32.1. The molecule has 2 aromatic carbocycles. The van der Waals surface area contributed by atoms with Crippen LogP contribution in [0.5, 0.6) is 11.5 Å². The van der Waals surface area contributed by atoms with Gasteiger partial charge in [-0.25, -0.2) is 20.2 Å². The standard InChI is InChI=1S/C29H28F4N8O4S/c1-44-19-8-15(9-20-23(19)40-26(34)46-20)25(42)37-11-27(43,16-4-5-16)21-10-18-24(22(39-21)14-2-6-17(30)7-3-14)45-12-28(18,29(31,32)33)41(36)13-38-35/h2-3,6-10,13,16,43H,4-5,11-12,35-36H2,1H3,(H2,34,40)(H,37,42)/b38-13-/t27-,28+/m1/s1. The van der Waals surface area contributed by atoms with Gasteiger partial charge in [0.15, 0.2) is 10.9 Å². The third-order valence-corrected chi connectivity index (χ3v) is 9.07. The number of rotatable bonds is 9. The van der Waals surface area contributed by atoms with Crippen LogP contribution in [0.4, 0.5) is 22.7 Å². The van der Waals surface area contributed by atoms with Crippen molar-refractivity contribution in [3.05, 3.63) is 65.1 Å². The summed E-state index contributed by atoms with van der Waals surface area (Å²) in [6.07, 6.45) is -3.39. The molecule has 6 rings (SSSR count). The molecule has 0 radical (unpaired) electrons. The summed E-state index contributed by atoms with van der Waals surface area (Å²) in [4.78, 5) is 22.2. The summed E-state index contributed by atoms with van der Waals surface area (Å²) >= 11 is 1.16. The molecule has 1 amide bonds. The van der Waals surface area contributed by atoms with Crippen molar-refractivity contribution in [3.63, 3.8) is 0 Å². The molecular formula is C29H28F4N8O4S. The summed E-state index contributed by atoms with van der Waals surface area (Å²) in [5.41, 5.74) is 1.10. The number of carbonyl (C=O) groups excluding carboxylic acids is 1. The number of anilines is 1. The maximum Gasteiger partial charge on any atom is 0.420 e. The summed E-state index contributed by atoms with van der Waals surface area (Å²) in [5.74, 6) is 9.47. The van der Waals surface area contributed by atoms with E-state index in [-0.39, 0.29) is 33.4 Å². The molecule has 4 aromatic rings. The highest BCUT2D eigenvalue weighted by molar-refractivity contribution is 7.22. The van der Waals surface area contributed by atoms with Crippen molar-refractivity contribution in [1.29, 1.82) is 0 Å². The molecule has 2 aromatic heterocycles. The van der Waals surface area contributed by atoms with Crippen LogP contribution in [0.2, 0.25) is 0 Å². The first-order valence-corrected chi connectivity index (χ1v) is 14.7. The number of methoxy groups -OCH3 is 1. The van der Waals surface area contributed by atoms with Gasteiger partial charge in [0.05, 0.1) is 24.0 Å². The van der Waals surface area contributed by atoms with E-state index in [0.717, 1.165) is 29.5 Å². The number of pyridine rings is 1. The van der Waals surface area contributed by atoms with Crippen molar-refractivity contribution in [3.8, 4) is 22.8 Å². The van der Waals surface area contributed by atoms with E-state index in [1.54, 1.807) is 6.07 Å². The zero-order valence-corrected chi connectivity index (χ0v) is 25.0. The number of fused-ring (bicyclic) bond motifs is 2. The Hall–Kier alpha value is -4.74. The number of aromatic nitrogens is 2. The molecule has 3 heterocycles. The molecule has 2 aliphatic rings. The summed E-state index contributed by atoms with van der Waals surface area (Å²) in [6, 6.07) is 9.01. The average Bonchev–Trinajstić information content (AvgIpc) is 3.69. The minimum atomic E-state index is -5.03. The largest absolute Gasteiger partial charge is 0.494 e. The molecule has 1 saturated carbocycles. The van der Waals surface area contributed by atoms with Gasteiger partial charge in [-0.15, -0.1) is 0 Å². The molecule has 0 bridgehead atoms. The number of hydrogen-bond donors (Lipinski definition) is 5. The Morgan fingerprint density at radius 3 is 2.61 bits per heavy atom. The van der Waals surface area contributed by atoms with Crippen molar-refractivity contribution in [2.75, 3.05) is 26.0 Å². The van der Waals surface area contributed by atoms with Crippen molar-refractivity contribution in [2.24, 2.45) is 22.7 Å². The topological polar surface area (TPSA) is 187 Å². The van der Waals surface area contributed by atoms with E-state index in [0.29, 0.717) is 40.2 Å². The molecule has 2 atom stereocenters. The molecule has 17 heteroatoms. The summed E-state index contributed by atoms with van der Waals surface area (Å²) < 4.78 is 70.3. The second kappa shape index (κ2) is 11.3. The van der Waals surface area contributed by atoms with Crippen LogP contribution in [0.15, 0.2) is 47.6 Å². The first-order chi connectivity index (χ1) is 21.8. The predicted molar refractivity (Wildman–Crippen MR) is 161 cm³/mol. The van der Waals surface area contributed by atoms with Crippen LogP contribution in [0, 0.1) is 11.7 Å². The molecule has 8 N–H and O–H groups in total.